The van der Waals surface area contributed by atoms with Gasteiger partial charge in [-0.05, 0) is 30.5 Å². The van der Waals surface area contributed by atoms with E-state index in [2.05, 4.69) is 17.4 Å². The van der Waals surface area contributed by atoms with Crippen molar-refractivity contribution in [2.24, 2.45) is 0 Å². The Balaban J connectivity index is 2.00. The van der Waals surface area contributed by atoms with E-state index in [0.29, 0.717) is 6.10 Å². The lowest BCUT2D eigenvalue weighted by Crippen LogP contribution is -2.59. The molecule has 1 aliphatic carbocycles. The fourth-order valence-electron chi connectivity index (χ4n) is 3.24. The van der Waals surface area contributed by atoms with Crippen LogP contribution < -0.4 is 5.32 Å². The third-order valence-electron chi connectivity index (χ3n) is 4.04. The molecule has 1 aliphatic heterocycles. The second-order valence-corrected chi connectivity index (χ2v) is 5.45. The van der Waals surface area contributed by atoms with Crippen LogP contribution in [0.3, 0.4) is 0 Å². The van der Waals surface area contributed by atoms with Gasteiger partial charge in [0, 0.05) is 11.6 Å². The molecular formula is C14H18ClNO. The number of ether oxygens (including phenoxy) is 1. The zero-order chi connectivity index (χ0) is 11.7. The summed E-state index contributed by atoms with van der Waals surface area (Å²) in [6.45, 7) is 1.76. The zero-order valence-electron chi connectivity index (χ0n) is 9.92. The van der Waals surface area contributed by atoms with Crippen molar-refractivity contribution in [2.45, 2.75) is 37.3 Å². The first-order valence-electron chi connectivity index (χ1n) is 6.44. The summed E-state index contributed by atoms with van der Waals surface area (Å²) in [5.74, 6) is 0. The standard InChI is InChI=1S/C14H18ClNO/c15-12-5-3-4-11(10-12)14-7-2-1-6-13(14)17-9-8-16-14/h3-5,10,13,16H,1-2,6-9H2. The van der Waals surface area contributed by atoms with Crippen LogP contribution in [0.4, 0.5) is 0 Å². The van der Waals surface area contributed by atoms with E-state index in [1.165, 1.54) is 18.4 Å². The van der Waals surface area contributed by atoms with Gasteiger partial charge in [-0.25, -0.2) is 0 Å². The van der Waals surface area contributed by atoms with Gasteiger partial charge in [0.25, 0.3) is 0 Å². The molecule has 2 nitrogen and oxygen atoms in total. The Morgan fingerprint density at radius 3 is 3.18 bits per heavy atom. The lowest BCUT2D eigenvalue weighted by atomic mass is 9.73. The highest BCUT2D eigenvalue weighted by Gasteiger charge is 2.44. The van der Waals surface area contributed by atoms with Gasteiger partial charge in [-0.3, -0.25) is 0 Å². The summed E-state index contributed by atoms with van der Waals surface area (Å²) in [6.07, 6.45) is 5.15. The van der Waals surface area contributed by atoms with Gasteiger partial charge in [-0.1, -0.05) is 36.6 Å². The molecule has 1 saturated heterocycles. The molecule has 1 saturated carbocycles. The van der Waals surface area contributed by atoms with Crippen LogP contribution in [-0.2, 0) is 10.3 Å². The minimum Gasteiger partial charge on any atom is -0.375 e. The molecule has 0 bridgehead atoms. The number of fused-ring (bicyclic) bond motifs is 1. The van der Waals surface area contributed by atoms with Crippen molar-refractivity contribution in [2.75, 3.05) is 13.2 Å². The molecule has 92 valence electrons. The summed E-state index contributed by atoms with van der Waals surface area (Å²) in [6, 6.07) is 8.23. The van der Waals surface area contributed by atoms with E-state index >= 15 is 0 Å². The number of benzene rings is 1. The number of hydrogen-bond acceptors (Lipinski definition) is 2. The minimum atomic E-state index is 0.00139. The normalized spacial score (nSPS) is 33.1. The Kier molecular flexibility index (Phi) is 3.12. The van der Waals surface area contributed by atoms with Crippen LogP contribution in [0.5, 0.6) is 0 Å². The number of halogens is 1. The van der Waals surface area contributed by atoms with Gasteiger partial charge in [0.2, 0.25) is 0 Å². The van der Waals surface area contributed by atoms with E-state index in [1.54, 1.807) is 0 Å². The maximum atomic E-state index is 6.12. The van der Waals surface area contributed by atoms with Crippen molar-refractivity contribution in [3.05, 3.63) is 34.9 Å². The molecule has 2 fully saturated rings. The molecule has 0 spiro atoms. The van der Waals surface area contributed by atoms with Crippen LogP contribution in [0, 0.1) is 0 Å². The molecule has 1 aromatic carbocycles. The van der Waals surface area contributed by atoms with Crippen LogP contribution in [-0.4, -0.2) is 19.3 Å². The van der Waals surface area contributed by atoms with Crippen molar-refractivity contribution < 1.29 is 4.74 Å². The molecular weight excluding hydrogens is 234 g/mol. The van der Waals surface area contributed by atoms with Gasteiger partial charge >= 0.3 is 0 Å². The van der Waals surface area contributed by atoms with Crippen molar-refractivity contribution >= 4 is 11.6 Å². The van der Waals surface area contributed by atoms with Crippen molar-refractivity contribution in [3.8, 4) is 0 Å². The third-order valence-corrected chi connectivity index (χ3v) is 4.27. The minimum absolute atomic E-state index is 0.00139. The van der Waals surface area contributed by atoms with Gasteiger partial charge in [0.05, 0.1) is 18.2 Å². The van der Waals surface area contributed by atoms with Gasteiger partial charge < -0.3 is 10.1 Å². The number of nitrogens with one attached hydrogen (secondary N) is 1. The van der Waals surface area contributed by atoms with E-state index < -0.39 is 0 Å². The van der Waals surface area contributed by atoms with Gasteiger partial charge in [0.15, 0.2) is 0 Å². The largest absolute Gasteiger partial charge is 0.375 e. The van der Waals surface area contributed by atoms with Crippen molar-refractivity contribution in [1.29, 1.82) is 0 Å². The summed E-state index contributed by atoms with van der Waals surface area (Å²) in [5, 5.41) is 4.51. The Morgan fingerprint density at radius 2 is 2.29 bits per heavy atom. The van der Waals surface area contributed by atoms with E-state index in [-0.39, 0.29) is 5.54 Å². The van der Waals surface area contributed by atoms with Crippen LogP contribution in [0.25, 0.3) is 0 Å². The van der Waals surface area contributed by atoms with Crippen LogP contribution in [0.2, 0.25) is 5.02 Å². The monoisotopic (exact) mass is 251 g/mol. The summed E-state index contributed by atoms with van der Waals surface area (Å²) in [5.41, 5.74) is 1.29. The quantitative estimate of drug-likeness (QED) is 0.828. The number of hydrogen-bond donors (Lipinski definition) is 1. The molecule has 2 aliphatic rings. The summed E-state index contributed by atoms with van der Waals surface area (Å²) >= 11 is 6.12. The molecule has 0 radical (unpaired) electrons. The van der Waals surface area contributed by atoms with E-state index in [4.69, 9.17) is 16.3 Å². The number of rotatable bonds is 1. The maximum Gasteiger partial charge on any atom is 0.0799 e. The average molecular weight is 252 g/mol. The summed E-state index contributed by atoms with van der Waals surface area (Å²) in [7, 11) is 0. The molecule has 3 rings (SSSR count). The molecule has 2 atom stereocenters. The van der Waals surface area contributed by atoms with E-state index in [0.717, 1.165) is 31.0 Å². The summed E-state index contributed by atoms with van der Waals surface area (Å²) < 4.78 is 5.97. The Hall–Kier alpha value is -0.570. The van der Waals surface area contributed by atoms with Crippen LogP contribution in [0.15, 0.2) is 24.3 Å². The highest BCUT2D eigenvalue weighted by atomic mass is 35.5. The maximum absolute atomic E-state index is 6.12. The molecule has 1 heterocycles. The zero-order valence-corrected chi connectivity index (χ0v) is 10.7. The van der Waals surface area contributed by atoms with Crippen molar-refractivity contribution in [3.63, 3.8) is 0 Å². The van der Waals surface area contributed by atoms with Crippen LogP contribution >= 0.6 is 11.6 Å². The third kappa shape index (κ3) is 1.99. The molecule has 17 heavy (non-hydrogen) atoms. The molecule has 1 N–H and O–H groups in total. The van der Waals surface area contributed by atoms with Gasteiger partial charge in [-0.15, -0.1) is 0 Å². The SMILES string of the molecule is Clc1cccc(C23CCCCC2OCCN3)c1. The molecule has 2 unspecified atom stereocenters. The Morgan fingerprint density at radius 1 is 1.35 bits per heavy atom. The van der Waals surface area contributed by atoms with E-state index in [1.807, 2.05) is 12.1 Å². The highest BCUT2D eigenvalue weighted by Crippen LogP contribution is 2.41. The first kappa shape index (κ1) is 11.5. The van der Waals surface area contributed by atoms with Crippen LogP contribution in [0.1, 0.15) is 31.2 Å². The lowest BCUT2D eigenvalue weighted by Gasteiger charge is -2.48. The Labute approximate surface area is 107 Å². The summed E-state index contributed by atoms with van der Waals surface area (Å²) in [4.78, 5) is 0. The molecule has 1 aromatic rings. The first-order valence-corrected chi connectivity index (χ1v) is 6.82. The fraction of sp³-hybridized carbons (Fsp3) is 0.571. The highest BCUT2D eigenvalue weighted by molar-refractivity contribution is 6.30. The Bertz CT molecular complexity index is 395. The predicted octanol–water partition coefficient (Wildman–Crippen LogP) is 3.10. The lowest BCUT2D eigenvalue weighted by molar-refractivity contribution is -0.0756. The average Bonchev–Trinajstić information content (AvgIpc) is 2.39. The molecule has 0 amide bonds. The topological polar surface area (TPSA) is 21.3 Å². The fourth-order valence-corrected chi connectivity index (χ4v) is 3.43. The second kappa shape index (κ2) is 4.60. The smallest absolute Gasteiger partial charge is 0.0799 e. The second-order valence-electron chi connectivity index (χ2n) is 5.01. The molecule has 0 aromatic heterocycles. The molecule has 3 heteroatoms. The van der Waals surface area contributed by atoms with E-state index in [9.17, 15) is 0 Å². The van der Waals surface area contributed by atoms with Gasteiger partial charge in [0.1, 0.15) is 0 Å². The van der Waals surface area contributed by atoms with Gasteiger partial charge in [-0.2, -0.15) is 0 Å². The van der Waals surface area contributed by atoms with Crippen molar-refractivity contribution in [1.82, 2.24) is 5.32 Å². The number of morpholine rings is 1. The first-order chi connectivity index (χ1) is 8.31. The predicted molar refractivity (Wildman–Crippen MR) is 69.3 cm³/mol.